The maximum Gasteiger partial charge on any atom is 0.303 e. The summed E-state index contributed by atoms with van der Waals surface area (Å²) in [6.07, 6.45) is 1.56. The number of aryl methyl sites for hydroxylation is 1. The fourth-order valence-electron chi connectivity index (χ4n) is 3.76. The number of imidazole rings is 1. The van der Waals surface area contributed by atoms with Crippen molar-refractivity contribution in [1.82, 2.24) is 9.55 Å². The molecule has 28 heavy (non-hydrogen) atoms. The molecule has 0 unspecified atom stereocenters. The van der Waals surface area contributed by atoms with E-state index in [-0.39, 0.29) is 6.42 Å². The van der Waals surface area contributed by atoms with Crippen molar-refractivity contribution in [3.63, 3.8) is 0 Å². The van der Waals surface area contributed by atoms with Crippen LogP contribution in [-0.2, 0) is 24.2 Å². The lowest BCUT2D eigenvalue weighted by atomic mass is 10.0. The predicted octanol–water partition coefficient (Wildman–Crippen LogP) is 4.90. The second-order valence-corrected chi connectivity index (χ2v) is 7.13. The van der Waals surface area contributed by atoms with Crippen molar-refractivity contribution in [3.8, 4) is 22.6 Å². The molecule has 0 saturated carbocycles. The van der Waals surface area contributed by atoms with Gasteiger partial charge in [-0.3, -0.25) is 9.79 Å². The van der Waals surface area contributed by atoms with Gasteiger partial charge < -0.3 is 9.67 Å². The molecule has 5 heteroatoms. The Hall–Kier alpha value is -3.21. The summed E-state index contributed by atoms with van der Waals surface area (Å²) in [5.41, 5.74) is 7.35. The third-order valence-electron chi connectivity index (χ3n) is 5.11. The quantitative estimate of drug-likeness (QED) is 0.691. The summed E-state index contributed by atoms with van der Waals surface area (Å²) in [6.45, 7) is 4.94. The molecule has 1 aromatic heterocycles. The van der Waals surface area contributed by atoms with Crippen LogP contribution in [0.5, 0.6) is 0 Å². The summed E-state index contributed by atoms with van der Waals surface area (Å²) in [5.74, 6) is 0.184. The van der Waals surface area contributed by atoms with Crippen molar-refractivity contribution < 1.29 is 9.90 Å². The number of benzene rings is 2. The molecule has 3 aromatic rings. The number of hydrogen-bond donors (Lipinski definition) is 1. The van der Waals surface area contributed by atoms with Gasteiger partial charge in [0.2, 0.25) is 0 Å². The Balaban J connectivity index is 1.78. The van der Waals surface area contributed by atoms with Crippen molar-refractivity contribution in [2.75, 3.05) is 0 Å². The Bertz CT molecular complexity index is 1060. The highest BCUT2D eigenvalue weighted by atomic mass is 16.4. The second-order valence-electron chi connectivity index (χ2n) is 7.13. The Morgan fingerprint density at radius 3 is 2.61 bits per heavy atom. The summed E-state index contributed by atoms with van der Waals surface area (Å²) < 4.78 is 2.28. The van der Waals surface area contributed by atoms with Crippen molar-refractivity contribution in [2.24, 2.45) is 4.99 Å². The molecule has 0 fully saturated rings. The molecule has 2 aromatic carbocycles. The van der Waals surface area contributed by atoms with Gasteiger partial charge in [0.05, 0.1) is 17.9 Å². The van der Waals surface area contributed by atoms with Crippen molar-refractivity contribution in [3.05, 3.63) is 59.8 Å². The van der Waals surface area contributed by atoms with Crippen molar-refractivity contribution in [2.45, 2.75) is 39.7 Å². The Kier molecular flexibility index (Phi) is 4.82. The minimum absolute atomic E-state index is 0.147. The summed E-state index contributed by atoms with van der Waals surface area (Å²) in [7, 11) is 0. The number of aliphatic carboxylic acids is 1. The smallest absolute Gasteiger partial charge is 0.303 e. The Morgan fingerprint density at radius 2 is 1.89 bits per heavy atom. The molecule has 0 bridgehead atoms. The zero-order valence-electron chi connectivity index (χ0n) is 16.1. The van der Waals surface area contributed by atoms with Crippen molar-refractivity contribution >= 4 is 17.4 Å². The van der Waals surface area contributed by atoms with E-state index >= 15 is 0 Å². The fraction of sp³-hybridized carbons (Fsp3) is 0.261. The van der Waals surface area contributed by atoms with E-state index in [0.29, 0.717) is 6.42 Å². The first-order valence-corrected chi connectivity index (χ1v) is 9.61. The normalized spacial score (nSPS) is 12.7. The number of rotatable bonds is 5. The molecule has 0 saturated heterocycles. The first-order valence-electron chi connectivity index (χ1n) is 9.61. The highest BCUT2D eigenvalue weighted by molar-refractivity contribution is 5.90. The number of nitrogens with zero attached hydrogens (tertiary/aromatic N) is 3. The lowest BCUT2D eigenvalue weighted by molar-refractivity contribution is -0.136. The first kappa shape index (κ1) is 18.2. The number of carbonyl (C=O) groups is 1. The van der Waals surface area contributed by atoms with E-state index in [0.717, 1.165) is 52.6 Å². The number of aliphatic imine (C=N–C) groups is 1. The topological polar surface area (TPSA) is 67.5 Å². The molecular weight excluding hydrogens is 350 g/mol. The average Bonchev–Trinajstić information content (AvgIpc) is 2.98. The van der Waals surface area contributed by atoms with Gasteiger partial charge in [0.15, 0.2) is 0 Å². The second kappa shape index (κ2) is 7.43. The number of aromatic nitrogens is 2. The Labute approximate surface area is 164 Å². The molecule has 5 nitrogen and oxygen atoms in total. The molecule has 0 aliphatic carbocycles. The van der Waals surface area contributed by atoms with Crippen LogP contribution in [0.25, 0.3) is 22.6 Å². The van der Waals surface area contributed by atoms with Gasteiger partial charge in [0, 0.05) is 29.0 Å². The maximum absolute atomic E-state index is 10.8. The number of fused-ring (bicyclic) bond motifs is 3. The number of hydrogen-bond acceptors (Lipinski definition) is 3. The molecule has 0 amide bonds. The highest BCUT2D eigenvalue weighted by Gasteiger charge is 2.22. The van der Waals surface area contributed by atoms with Crippen LogP contribution in [0.2, 0.25) is 0 Å². The van der Waals surface area contributed by atoms with Gasteiger partial charge in [-0.25, -0.2) is 4.98 Å². The molecule has 1 aliphatic heterocycles. The zero-order chi connectivity index (χ0) is 19.7. The number of para-hydroxylation sites is 1. The molecule has 4 rings (SSSR count). The third-order valence-corrected chi connectivity index (χ3v) is 5.11. The minimum Gasteiger partial charge on any atom is -0.481 e. The summed E-state index contributed by atoms with van der Waals surface area (Å²) >= 11 is 0. The molecule has 0 atom stereocenters. The van der Waals surface area contributed by atoms with E-state index in [4.69, 9.17) is 15.1 Å². The number of carboxylic acid groups (broad SMARTS) is 1. The van der Waals surface area contributed by atoms with Crippen LogP contribution in [0, 0.1) is 0 Å². The van der Waals surface area contributed by atoms with E-state index < -0.39 is 5.97 Å². The molecule has 2 heterocycles. The van der Waals surface area contributed by atoms with Crippen LogP contribution in [0.15, 0.2) is 53.5 Å². The van der Waals surface area contributed by atoms with Crippen LogP contribution >= 0.6 is 0 Å². The Morgan fingerprint density at radius 1 is 1.14 bits per heavy atom. The van der Waals surface area contributed by atoms with Gasteiger partial charge in [0.25, 0.3) is 0 Å². The van der Waals surface area contributed by atoms with Crippen LogP contribution in [0.3, 0.4) is 0 Å². The van der Waals surface area contributed by atoms with Gasteiger partial charge in [-0.1, -0.05) is 43.3 Å². The molecular formula is C23H23N3O2. The SMILES string of the molecule is CCc1c(-c2ccc(CCC(=O)O)cc2)nc2n1CC(C)=Nc1ccccc1-2. The largest absolute Gasteiger partial charge is 0.481 e. The number of carboxylic acids is 1. The van der Waals surface area contributed by atoms with Crippen molar-refractivity contribution in [1.29, 1.82) is 0 Å². The summed E-state index contributed by atoms with van der Waals surface area (Å²) in [5, 5.41) is 8.87. The van der Waals surface area contributed by atoms with Gasteiger partial charge >= 0.3 is 5.97 Å². The average molecular weight is 373 g/mol. The monoisotopic (exact) mass is 373 g/mol. The molecule has 1 aliphatic rings. The van der Waals surface area contributed by atoms with Crippen LogP contribution in [0.4, 0.5) is 5.69 Å². The van der Waals surface area contributed by atoms with E-state index in [1.54, 1.807) is 0 Å². The van der Waals surface area contributed by atoms with Crippen LogP contribution < -0.4 is 0 Å². The van der Waals surface area contributed by atoms with E-state index in [2.05, 4.69) is 24.5 Å². The lowest BCUT2D eigenvalue weighted by Gasteiger charge is -2.09. The highest BCUT2D eigenvalue weighted by Crippen LogP contribution is 2.36. The van der Waals surface area contributed by atoms with Crippen LogP contribution in [0.1, 0.15) is 31.5 Å². The van der Waals surface area contributed by atoms with Crippen LogP contribution in [-0.4, -0.2) is 26.3 Å². The zero-order valence-corrected chi connectivity index (χ0v) is 16.1. The molecule has 0 spiro atoms. The van der Waals surface area contributed by atoms with Gasteiger partial charge in [0.1, 0.15) is 5.82 Å². The molecule has 0 radical (unpaired) electrons. The maximum atomic E-state index is 10.8. The van der Waals surface area contributed by atoms with E-state index in [1.807, 2.05) is 42.5 Å². The minimum atomic E-state index is -0.772. The molecule has 1 N–H and O–H groups in total. The van der Waals surface area contributed by atoms with E-state index in [1.165, 1.54) is 5.69 Å². The van der Waals surface area contributed by atoms with Gasteiger partial charge in [-0.15, -0.1) is 0 Å². The first-order chi connectivity index (χ1) is 13.6. The van der Waals surface area contributed by atoms with E-state index in [9.17, 15) is 4.79 Å². The van der Waals surface area contributed by atoms with Gasteiger partial charge in [-0.05, 0) is 37.5 Å². The fourth-order valence-corrected chi connectivity index (χ4v) is 3.76. The lowest BCUT2D eigenvalue weighted by Crippen LogP contribution is -2.09. The third kappa shape index (κ3) is 3.36. The predicted molar refractivity (Wildman–Crippen MR) is 111 cm³/mol. The summed E-state index contributed by atoms with van der Waals surface area (Å²) in [6, 6.07) is 16.2. The molecule has 142 valence electrons. The summed E-state index contributed by atoms with van der Waals surface area (Å²) in [4.78, 5) is 20.6. The standard InChI is InChI=1S/C23H23N3O2/c1-3-20-22(17-11-8-16(9-12-17)10-13-21(27)28)25-23-18-6-4-5-7-19(18)24-15(2)14-26(20)23/h4-9,11-12H,3,10,13-14H2,1-2H3,(H,27,28). The van der Waals surface area contributed by atoms with Gasteiger partial charge in [-0.2, -0.15) is 0 Å².